The molecular weight excluding hydrogens is 312 g/mol. The van der Waals surface area contributed by atoms with Crippen LogP contribution in [0.3, 0.4) is 0 Å². The molecule has 0 spiro atoms. The number of nitrogens with zero attached hydrogens (tertiary/aromatic N) is 3. The molecule has 0 bridgehead atoms. The van der Waals surface area contributed by atoms with Crippen molar-refractivity contribution in [1.82, 2.24) is 0 Å². The first-order valence-electron chi connectivity index (χ1n) is 5.95. The molecule has 0 unspecified atom stereocenters. The Hall–Kier alpha value is -3.00. The number of hydrogen-bond acceptors (Lipinski definition) is 6. The highest BCUT2D eigenvalue weighted by atomic mass is 35.5. The molecule has 112 valence electrons. The lowest BCUT2D eigenvalue weighted by Gasteiger charge is -2.00. The van der Waals surface area contributed by atoms with Gasteiger partial charge >= 0.3 is 0 Å². The van der Waals surface area contributed by atoms with Crippen molar-refractivity contribution in [3.8, 4) is 0 Å². The smallest absolute Gasteiger partial charge is 0.278 e. The minimum Gasteiger partial charge on any atom is -0.278 e. The third-order valence-electron chi connectivity index (χ3n) is 2.63. The Kier molecular flexibility index (Phi) is 4.64. The van der Waals surface area contributed by atoms with Gasteiger partial charge in [0, 0.05) is 23.8 Å². The minimum atomic E-state index is -0.590. The van der Waals surface area contributed by atoms with E-state index < -0.39 is 9.85 Å². The summed E-state index contributed by atoms with van der Waals surface area (Å²) in [6, 6.07) is 10.0. The van der Waals surface area contributed by atoms with E-state index in [1.54, 1.807) is 12.1 Å². The van der Waals surface area contributed by atoms with Crippen LogP contribution in [0.2, 0.25) is 5.02 Å². The van der Waals surface area contributed by atoms with E-state index in [-0.39, 0.29) is 16.4 Å². The molecule has 2 rings (SSSR count). The molecule has 2 aromatic carbocycles. The van der Waals surface area contributed by atoms with Crippen molar-refractivity contribution in [3.63, 3.8) is 0 Å². The summed E-state index contributed by atoms with van der Waals surface area (Å²) in [6.45, 7) is 0. The van der Waals surface area contributed by atoms with Crippen LogP contribution in [0.25, 0.3) is 0 Å². The lowest BCUT2D eigenvalue weighted by molar-refractivity contribution is -0.384. The summed E-state index contributed by atoms with van der Waals surface area (Å²) in [5.41, 5.74) is 3.22. The highest BCUT2D eigenvalue weighted by molar-refractivity contribution is 6.32. The normalized spacial score (nSPS) is 10.6. The summed E-state index contributed by atoms with van der Waals surface area (Å²) >= 11 is 5.70. The first kappa shape index (κ1) is 15.4. The lowest BCUT2D eigenvalue weighted by atomic mass is 10.2. The van der Waals surface area contributed by atoms with Crippen LogP contribution in [0.1, 0.15) is 5.56 Å². The third-order valence-corrected chi connectivity index (χ3v) is 2.95. The van der Waals surface area contributed by atoms with Crippen LogP contribution in [-0.2, 0) is 0 Å². The molecule has 22 heavy (non-hydrogen) atoms. The Morgan fingerprint density at radius 3 is 2.55 bits per heavy atom. The van der Waals surface area contributed by atoms with Gasteiger partial charge in [0.25, 0.3) is 11.4 Å². The lowest BCUT2D eigenvalue weighted by Crippen LogP contribution is -1.94. The highest BCUT2D eigenvalue weighted by Crippen LogP contribution is 2.24. The van der Waals surface area contributed by atoms with E-state index in [0.717, 1.165) is 0 Å². The maximum atomic E-state index is 10.8. The number of nitro benzene ring substituents is 2. The largest absolute Gasteiger partial charge is 0.288 e. The number of benzene rings is 2. The molecule has 0 atom stereocenters. The van der Waals surface area contributed by atoms with E-state index in [4.69, 9.17) is 11.6 Å². The van der Waals surface area contributed by atoms with Gasteiger partial charge in [0.2, 0.25) is 0 Å². The van der Waals surface area contributed by atoms with Gasteiger partial charge in [-0.15, -0.1) is 0 Å². The van der Waals surface area contributed by atoms with Crippen LogP contribution in [0.15, 0.2) is 47.6 Å². The van der Waals surface area contributed by atoms with Gasteiger partial charge in [-0.25, -0.2) is 0 Å². The van der Waals surface area contributed by atoms with Crippen molar-refractivity contribution in [1.29, 1.82) is 0 Å². The second-order valence-electron chi connectivity index (χ2n) is 4.15. The third kappa shape index (κ3) is 3.76. The average molecular weight is 321 g/mol. The molecule has 0 fully saturated rings. The fourth-order valence-electron chi connectivity index (χ4n) is 1.62. The Morgan fingerprint density at radius 2 is 1.86 bits per heavy atom. The van der Waals surface area contributed by atoms with Crippen LogP contribution in [-0.4, -0.2) is 16.1 Å². The zero-order valence-corrected chi connectivity index (χ0v) is 11.7. The Balaban J connectivity index is 2.13. The van der Waals surface area contributed by atoms with Gasteiger partial charge in [-0.3, -0.25) is 25.7 Å². The monoisotopic (exact) mass is 320 g/mol. The molecule has 0 aromatic heterocycles. The van der Waals surface area contributed by atoms with Crippen molar-refractivity contribution < 1.29 is 9.85 Å². The molecule has 0 aliphatic rings. The summed E-state index contributed by atoms with van der Waals surface area (Å²) < 4.78 is 0. The van der Waals surface area contributed by atoms with Gasteiger partial charge in [-0.1, -0.05) is 23.7 Å². The minimum absolute atomic E-state index is 0.0359. The van der Waals surface area contributed by atoms with Gasteiger partial charge in [0.1, 0.15) is 5.02 Å². The molecular formula is C13H9ClN4O4. The summed E-state index contributed by atoms with van der Waals surface area (Å²) in [5.74, 6) is 0. The number of nitro groups is 2. The standard InChI is InChI=1S/C13H9ClN4O4/c14-12-5-4-9(6-13(12)18(21)22)8-15-16-10-2-1-3-11(7-10)17(19)20/h1-8,16H/b15-8-. The van der Waals surface area contributed by atoms with Gasteiger partial charge in [-0.2, -0.15) is 5.10 Å². The van der Waals surface area contributed by atoms with Crippen molar-refractivity contribution in [2.75, 3.05) is 5.43 Å². The Labute approximate surface area is 129 Å². The first-order valence-corrected chi connectivity index (χ1v) is 6.32. The van der Waals surface area contributed by atoms with Crippen LogP contribution in [0, 0.1) is 20.2 Å². The number of nitrogens with one attached hydrogen (secondary N) is 1. The van der Waals surface area contributed by atoms with E-state index in [0.29, 0.717) is 11.3 Å². The number of hydrogen-bond donors (Lipinski definition) is 1. The molecule has 0 amide bonds. The number of rotatable bonds is 5. The van der Waals surface area contributed by atoms with Crippen molar-refractivity contribution in [2.24, 2.45) is 5.10 Å². The van der Waals surface area contributed by atoms with Crippen molar-refractivity contribution in [3.05, 3.63) is 73.3 Å². The molecule has 1 N–H and O–H groups in total. The molecule has 0 radical (unpaired) electrons. The zero-order valence-electron chi connectivity index (χ0n) is 11.0. The first-order chi connectivity index (χ1) is 10.5. The predicted molar refractivity (Wildman–Crippen MR) is 82.4 cm³/mol. The van der Waals surface area contributed by atoms with Gasteiger partial charge in [0.05, 0.1) is 21.7 Å². The van der Waals surface area contributed by atoms with Gasteiger partial charge in [0.15, 0.2) is 0 Å². The van der Waals surface area contributed by atoms with Crippen LogP contribution < -0.4 is 5.43 Å². The maximum absolute atomic E-state index is 10.8. The summed E-state index contributed by atoms with van der Waals surface area (Å²) in [5, 5.41) is 25.3. The molecule has 0 aliphatic carbocycles. The average Bonchev–Trinajstić information content (AvgIpc) is 2.49. The van der Waals surface area contributed by atoms with Crippen LogP contribution >= 0.6 is 11.6 Å². The topological polar surface area (TPSA) is 111 Å². The summed E-state index contributed by atoms with van der Waals surface area (Å²) in [7, 11) is 0. The fraction of sp³-hybridized carbons (Fsp3) is 0. The van der Waals surface area contributed by atoms with Crippen LogP contribution in [0.4, 0.5) is 17.1 Å². The quantitative estimate of drug-likeness (QED) is 0.514. The molecule has 0 heterocycles. The number of non-ortho nitro benzene ring substituents is 1. The Bertz CT molecular complexity index is 763. The zero-order chi connectivity index (χ0) is 16.1. The van der Waals surface area contributed by atoms with E-state index in [1.165, 1.54) is 36.5 Å². The second kappa shape index (κ2) is 6.64. The Morgan fingerprint density at radius 1 is 1.09 bits per heavy atom. The summed E-state index contributed by atoms with van der Waals surface area (Å²) in [6.07, 6.45) is 1.35. The molecule has 0 saturated heterocycles. The van der Waals surface area contributed by atoms with E-state index in [9.17, 15) is 20.2 Å². The predicted octanol–water partition coefficient (Wildman–Crippen LogP) is 3.60. The van der Waals surface area contributed by atoms with E-state index >= 15 is 0 Å². The van der Waals surface area contributed by atoms with E-state index in [2.05, 4.69) is 10.5 Å². The molecule has 2 aromatic rings. The number of anilines is 1. The van der Waals surface area contributed by atoms with Gasteiger partial charge in [-0.05, 0) is 12.1 Å². The number of halogens is 1. The second-order valence-corrected chi connectivity index (χ2v) is 4.55. The van der Waals surface area contributed by atoms with Crippen molar-refractivity contribution >= 4 is 34.9 Å². The van der Waals surface area contributed by atoms with Gasteiger partial charge < -0.3 is 0 Å². The van der Waals surface area contributed by atoms with Crippen molar-refractivity contribution in [2.45, 2.75) is 0 Å². The van der Waals surface area contributed by atoms with Crippen LogP contribution in [0.5, 0.6) is 0 Å². The SMILES string of the molecule is O=[N+]([O-])c1cccc(N/N=C\c2ccc(Cl)c([N+](=O)[O-])c2)c1. The number of hydrazone groups is 1. The maximum Gasteiger partial charge on any atom is 0.288 e. The molecule has 9 heteroatoms. The summed E-state index contributed by atoms with van der Waals surface area (Å²) in [4.78, 5) is 20.3. The molecule has 8 nitrogen and oxygen atoms in total. The van der Waals surface area contributed by atoms with E-state index in [1.807, 2.05) is 0 Å². The fourth-order valence-corrected chi connectivity index (χ4v) is 1.81. The molecule has 0 aliphatic heterocycles. The highest BCUT2D eigenvalue weighted by Gasteiger charge is 2.11. The molecule has 0 saturated carbocycles.